The van der Waals surface area contributed by atoms with Crippen molar-refractivity contribution < 1.29 is 9.53 Å². The van der Waals surface area contributed by atoms with Crippen molar-refractivity contribution in [3.63, 3.8) is 0 Å². The summed E-state index contributed by atoms with van der Waals surface area (Å²) in [6, 6.07) is 9.22. The van der Waals surface area contributed by atoms with Crippen LogP contribution in [0, 0.1) is 5.92 Å². The predicted octanol–water partition coefficient (Wildman–Crippen LogP) is 3.93. The second-order valence-corrected chi connectivity index (χ2v) is 9.00. The van der Waals surface area contributed by atoms with E-state index in [9.17, 15) is 4.79 Å². The molecule has 5 nitrogen and oxygen atoms in total. The maximum atomic E-state index is 12.3. The van der Waals surface area contributed by atoms with E-state index in [2.05, 4.69) is 29.2 Å². The molecular formula is C22H35N3O2. The van der Waals surface area contributed by atoms with Crippen LogP contribution in [0.25, 0.3) is 0 Å². The van der Waals surface area contributed by atoms with Crippen LogP contribution >= 0.6 is 0 Å². The minimum atomic E-state index is -0.439. The van der Waals surface area contributed by atoms with Crippen LogP contribution in [0.2, 0.25) is 0 Å². The molecule has 2 N–H and O–H groups in total. The minimum Gasteiger partial charge on any atom is -0.444 e. The summed E-state index contributed by atoms with van der Waals surface area (Å²) in [5, 5.41) is 0. The second kappa shape index (κ2) is 8.61. The molecule has 0 bridgehead atoms. The van der Waals surface area contributed by atoms with E-state index in [1.54, 1.807) is 0 Å². The van der Waals surface area contributed by atoms with E-state index in [1.807, 2.05) is 25.7 Å². The van der Waals surface area contributed by atoms with E-state index in [0.717, 1.165) is 32.1 Å². The number of amides is 1. The SMILES string of the molecule is CC(C)(C)OC(=O)N1CCN(C(CC2CCC2)c2ccc(CN)cc2)CC1. The van der Waals surface area contributed by atoms with E-state index in [4.69, 9.17) is 10.5 Å². The number of carbonyl (C=O) groups is 1. The van der Waals surface area contributed by atoms with E-state index in [0.29, 0.717) is 12.6 Å². The molecule has 1 aliphatic heterocycles. The summed E-state index contributed by atoms with van der Waals surface area (Å²) < 4.78 is 5.53. The van der Waals surface area contributed by atoms with Crippen molar-refractivity contribution in [2.24, 2.45) is 11.7 Å². The zero-order chi connectivity index (χ0) is 19.4. The molecule has 1 aliphatic carbocycles. The van der Waals surface area contributed by atoms with Gasteiger partial charge in [-0.25, -0.2) is 4.79 Å². The summed E-state index contributed by atoms with van der Waals surface area (Å²) in [7, 11) is 0. The normalized spacial score (nSPS) is 20.2. The highest BCUT2D eigenvalue weighted by atomic mass is 16.6. The van der Waals surface area contributed by atoms with E-state index in [1.165, 1.54) is 36.8 Å². The van der Waals surface area contributed by atoms with E-state index < -0.39 is 5.60 Å². The Morgan fingerprint density at radius 1 is 1.15 bits per heavy atom. The third kappa shape index (κ3) is 5.45. The van der Waals surface area contributed by atoms with Crippen LogP contribution in [0.1, 0.15) is 63.6 Å². The minimum absolute atomic E-state index is 0.190. The van der Waals surface area contributed by atoms with Gasteiger partial charge in [0.15, 0.2) is 0 Å². The lowest BCUT2D eigenvalue weighted by Crippen LogP contribution is -2.51. The topological polar surface area (TPSA) is 58.8 Å². The standard InChI is InChI=1S/C22H35N3O2/c1-22(2,3)27-21(26)25-13-11-24(12-14-25)20(15-17-5-4-6-17)19-9-7-18(16-23)8-10-19/h7-10,17,20H,4-6,11-16,23H2,1-3H3. The van der Waals surface area contributed by atoms with Crippen molar-refractivity contribution in [1.82, 2.24) is 9.80 Å². The highest BCUT2D eigenvalue weighted by Crippen LogP contribution is 2.38. The number of nitrogens with zero attached hydrogens (tertiary/aromatic N) is 2. The van der Waals surface area contributed by atoms with Crippen molar-refractivity contribution in [3.05, 3.63) is 35.4 Å². The van der Waals surface area contributed by atoms with Crippen molar-refractivity contribution in [3.8, 4) is 0 Å². The van der Waals surface area contributed by atoms with Gasteiger partial charge >= 0.3 is 6.09 Å². The first-order valence-corrected chi connectivity index (χ1v) is 10.4. The number of carbonyl (C=O) groups excluding carboxylic acids is 1. The number of piperazine rings is 1. The molecule has 0 radical (unpaired) electrons. The summed E-state index contributed by atoms with van der Waals surface area (Å²) in [5.41, 5.74) is 7.88. The van der Waals surface area contributed by atoms with Crippen LogP contribution < -0.4 is 5.73 Å². The Kier molecular flexibility index (Phi) is 6.43. The third-order valence-corrected chi connectivity index (χ3v) is 5.79. The number of ether oxygens (including phenoxy) is 1. The van der Waals surface area contributed by atoms with Gasteiger partial charge < -0.3 is 15.4 Å². The summed E-state index contributed by atoms with van der Waals surface area (Å²) in [6.07, 6.45) is 5.11. The zero-order valence-corrected chi connectivity index (χ0v) is 17.1. The van der Waals surface area contributed by atoms with Crippen LogP contribution in [0.15, 0.2) is 24.3 Å². The molecule has 1 saturated heterocycles. The van der Waals surface area contributed by atoms with Crippen LogP contribution in [0.4, 0.5) is 4.79 Å². The lowest BCUT2D eigenvalue weighted by molar-refractivity contribution is 0.00793. The molecule has 1 amide bonds. The maximum absolute atomic E-state index is 12.3. The first-order valence-electron chi connectivity index (χ1n) is 10.4. The Labute approximate surface area is 163 Å². The van der Waals surface area contributed by atoms with Crippen LogP contribution in [-0.4, -0.2) is 47.7 Å². The Bertz CT molecular complexity index is 611. The maximum Gasteiger partial charge on any atom is 0.410 e. The smallest absolute Gasteiger partial charge is 0.410 e. The van der Waals surface area contributed by atoms with Crippen molar-refractivity contribution >= 4 is 6.09 Å². The number of benzene rings is 1. The average molecular weight is 374 g/mol. The second-order valence-electron chi connectivity index (χ2n) is 9.00. The zero-order valence-electron chi connectivity index (χ0n) is 17.1. The largest absolute Gasteiger partial charge is 0.444 e. The summed E-state index contributed by atoms with van der Waals surface area (Å²) in [5.74, 6) is 0.841. The van der Waals surface area contributed by atoms with Gasteiger partial charge in [0.05, 0.1) is 0 Å². The van der Waals surface area contributed by atoms with Gasteiger partial charge in [0.1, 0.15) is 5.60 Å². The number of hydrogen-bond donors (Lipinski definition) is 1. The van der Waals surface area contributed by atoms with Gasteiger partial charge in [-0.15, -0.1) is 0 Å². The fourth-order valence-electron chi connectivity index (χ4n) is 3.96. The lowest BCUT2D eigenvalue weighted by Gasteiger charge is -2.42. The Hall–Kier alpha value is -1.59. The van der Waals surface area contributed by atoms with Crippen LogP contribution in [-0.2, 0) is 11.3 Å². The van der Waals surface area contributed by atoms with Crippen LogP contribution in [0.5, 0.6) is 0 Å². The lowest BCUT2D eigenvalue weighted by atomic mass is 9.79. The number of hydrogen-bond acceptors (Lipinski definition) is 4. The first-order chi connectivity index (χ1) is 12.9. The first kappa shape index (κ1) is 20.2. The Balaban J connectivity index is 1.64. The molecule has 2 aliphatic rings. The molecule has 1 unspecified atom stereocenters. The highest BCUT2D eigenvalue weighted by Gasteiger charge is 2.32. The Morgan fingerprint density at radius 2 is 1.78 bits per heavy atom. The molecule has 5 heteroatoms. The molecule has 3 rings (SSSR count). The van der Waals surface area contributed by atoms with Gasteiger partial charge in [0, 0.05) is 38.8 Å². The fraction of sp³-hybridized carbons (Fsp3) is 0.682. The molecule has 27 heavy (non-hydrogen) atoms. The van der Waals surface area contributed by atoms with Crippen molar-refractivity contribution in [2.75, 3.05) is 26.2 Å². The van der Waals surface area contributed by atoms with Gasteiger partial charge in [-0.3, -0.25) is 4.90 Å². The molecule has 1 atom stereocenters. The van der Waals surface area contributed by atoms with E-state index >= 15 is 0 Å². The molecular weight excluding hydrogens is 338 g/mol. The molecule has 150 valence electrons. The fourth-order valence-corrected chi connectivity index (χ4v) is 3.96. The molecule has 1 heterocycles. The van der Waals surface area contributed by atoms with Crippen molar-refractivity contribution in [2.45, 2.75) is 64.6 Å². The van der Waals surface area contributed by atoms with E-state index in [-0.39, 0.29) is 6.09 Å². The average Bonchev–Trinajstić information content (AvgIpc) is 2.60. The summed E-state index contributed by atoms with van der Waals surface area (Å²) >= 11 is 0. The predicted molar refractivity (Wildman–Crippen MR) is 108 cm³/mol. The monoisotopic (exact) mass is 373 g/mol. The summed E-state index contributed by atoms with van der Waals surface area (Å²) in [6.45, 7) is 9.60. The van der Waals surface area contributed by atoms with Gasteiger partial charge in [-0.2, -0.15) is 0 Å². The quantitative estimate of drug-likeness (QED) is 0.850. The van der Waals surface area contributed by atoms with Gasteiger partial charge in [0.2, 0.25) is 0 Å². The molecule has 0 spiro atoms. The van der Waals surface area contributed by atoms with Gasteiger partial charge in [0.25, 0.3) is 0 Å². The molecule has 1 aromatic rings. The van der Waals surface area contributed by atoms with Gasteiger partial charge in [-0.05, 0) is 44.2 Å². The number of rotatable bonds is 5. The van der Waals surface area contributed by atoms with Crippen LogP contribution in [0.3, 0.4) is 0 Å². The molecule has 2 fully saturated rings. The summed E-state index contributed by atoms with van der Waals surface area (Å²) in [4.78, 5) is 16.7. The molecule has 0 aromatic heterocycles. The van der Waals surface area contributed by atoms with Crippen molar-refractivity contribution in [1.29, 1.82) is 0 Å². The molecule has 1 aromatic carbocycles. The number of nitrogens with two attached hydrogens (primary N) is 1. The third-order valence-electron chi connectivity index (χ3n) is 5.79. The van der Waals surface area contributed by atoms with Gasteiger partial charge in [-0.1, -0.05) is 43.5 Å². The Morgan fingerprint density at radius 3 is 2.26 bits per heavy atom. The molecule has 1 saturated carbocycles. The highest BCUT2D eigenvalue weighted by molar-refractivity contribution is 5.68.